The number of thiocarbonyl (C=S) groups is 1. The summed E-state index contributed by atoms with van der Waals surface area (Å²) in [4.78, 5) is 0. The number of hydrogen-bond donors (Lipinski definition) is 3. The van der Waals surface area contributed by atoms with Crippen LogP contribution in [0.4, 0.5) is 0 Å². The highest BCUT2D eigenvalue weighted by Crippen LogP contribution is 1.70. The van der Waals surface area contributed by atoms with Gasteiger partial charge >= 0.3 is 0 Å². The van der Waals surface area contributed by atoms with E-state index in [1.165, 1.54) is 0 Å². The lowest BCUT2D eigenvalue weighted by atomic mass is 10.5. The number of hydrogen-bond acceptors (Lipinski definition) is 2. The van der Waals surface area contributed by atoms with Gasteiger partial charge in [0.15, 0.2) is 5.11 Å². The van der Waals surface area contributed by atoms with Crippen molar-refractivity contribution < 1.29 is 5.11 Å². The second kappa shape index (κ2) is 6.77. The first-order chi connectivity index (χ1) is 4.81. The Bertz CT molecular complexity index is 87.7. The van der Waals surface area contributed by atoms with Crippen molar-refractivity contribution in [2.24, 2.45) is 0 Å². The second-order valence-corrected chi connectivity index (χ2v) is 2.31. The number of aliphatic hydroxyl groups excluding tert-OH is 1. The predicted octanol–water partition coefficient (Wildman–Crippen LogP) is -0.147. The van der Waals surface area contributed by atoms with Crippen molar-refractivity contribution in [1.29, 1.82) is 0 Å². The molecule has 10 heavy (non-hydrogen) atoms. The first kappa shape index (κ1) is 9.65. The molecule has 0 aliphatic heterocycles. The molecule has 0 radical (unpaired) electrons. The molecule has 60 valence electrons. The van der Waals surface area contributed by atoms with Crippen molar-refractivity contribution in [3.05, 3.63) is 0 Å². The molecule has 0 heterocycles. The third-order valence-electron chi connectivity index (χ3n) is 0.933. The fourth-order valence-corrected chi connectivity index (χ4v) is 0.675. The van der Waals surface area contributed by atoms with Crippen molar-refractivity contribution in [3.8, 4) is 0 Å². The smallest absolute Gasteiger partial charge is 0.166 e. The van der Waals surface area contributed by atoms with Crippen LogP contribution < -0.4 is 10.6 Å². The van der Waals surface area contributed by atoms with Crippen LogP contribution in [0.25, 0.3) is 0 Å². The summed E-state index contributed by atoms with van der Waals surface area (Å²) in [6.07, 6.45) is 1.06. The molecule has 3 nitrogen and oxygen atoms in total. The summed E-state index contributed by atoms with van der Waals surface area (Å²) >= 11 is 4.85. The van der Waals surface area contributed by atoms with Crippen molar-refractivity contribution in [2.75, 3.05) is 19.7 Å². The molecule has 0 unspecified atom stereocenters. The van der Waals surface area contributed by atoms with E-state index in [2.05, 4.69) is 17.6 Å². The lowest BCUT2D eigenvalue weighted by molar-refractivity contribution is 0.300. The van der Waals surface area contributed by atoms with Gasteiger partial charge in [0.2, 0.25) is 0 Å². The Balaban J connectivity index is 3.09. The average Bonchev–Trinajstić information content (AvgIpc) is 1.97. The van der Waals surface area contributed by atoms with Crippen LogP contribution in [0.5, 0.6) is 0 Å². The standard InChI is InChI=1S/C6H14N2OS/c1-2-3-7-6(10)8-4-5-9/h9H,2-5H2,1H3,(H2,7,8,10). The summed E-state index contributed by atoms with van der Waals surface area (Å²) in [5, 5.41) is 14.8. The summed E-state index contributed by atoms with van der Waals surface area (Å²) in [6.45, 7) is 3.60. The Morgan fingerprint density at radius 1 is 1.40 bits per heavy atom. The lowest BCUT2D eigenvalue weighted by Crippen LogP contribution is -2.36. The molecule has 0 saturated carbocycles. The number of rotatable bonds is 4. The molecule has 3 N–H and O–H groups in total. The minimum atomic E-state index is 0.119. The molecule has 4 heteroatoms. The zero-order chi connectivity index (χ0) is 7.82. The average molecular weight is 162 g/mol. The molecule has 0 saturated heterocycles. The van der Waals surface area contributed by atoms with Gasteiger partial charge in [0.1, 0.15) is 0 Å². The quantitative estimate of drug-likeness (QED) is 0.503. The van der Waals surface area contributed by atoms with E-state index >= 15 is 0 Å². The summed E-state index contributed by atoms with van der Waals surface area (Å²) < 4.78 is 0. The summed E-state index contributed by atoms with van der Waals surface area (Å²) in [5.74, 6) is 0. The number of aliphatic hydroxyl groups is 1. The molecular formula is C6H14N2OS. The maximum absolute atomic E-state index is 8.39. The van der Waals surface area contributed by atoms with Crippen LogP contribution in [0.3, 0.4) is 0 Å². The van der Waals surface area contributed by atoms with E-state index in [0.29, 0.717) is 11.7 Å². The molecule has 0 aromatic rings. The van der Waals surface area contributed by atoms with E-state index in [-0.39, 0.29) is 6.61 Å². The fraction of sp³-hybridized carbons (Fsp3) is 0.833. The minimum Gasteiger partial charge on any atom is -0.395 e. The largest absolute Gasteiger partial charge is 0.395 e. The van der Waals surface area contributed by atoms with Crippen LogP contribution >= 0.6 is 12.2 Å². The van der Waals surface area contributed by atoms with Gasteiger partial charge in [0.05, 0.1) is 6.61 Å². The van der Waals surface area contributed by atoms with Gasteiger partial charge in [-0.05, 0) is 18.6 Å². The number of nitrogens with one attached hydrogen (secondary N) is 2. The first-order valence-corrected chi connectivity index (χ1v) is 3.84. The maximum atomic E-state index is 8.39. The topological polar surface area (TPSA) is 44.3 Å². The van der Waals surface area contributed by atoms with E-state index < -0.39 is 0 Å². The Labute approximate surface area is 66.8 Å². The molecule has 0 spiro atoms. The van der Waals surface area contributed by atoms with Gasteiger partial charge in [0.25, 0.3) is 0 Å². The fourth-order valence-electron chi connectivity index (χ4n) is 0.470. The van der Waals surface area contributed by atoms with Crippen LogP contribution in [0, 0.1) is 0 Å². The van der Waals surface area contributed by atoms with Gasteiger partial charge in [-0.25, -0.2) is 0 Å². The second-order valence-electron chi connectivity index (χ2n) is 1.91. The molecule has 0 atom stereocenters. The third-order valence-corrected chi connectivity index (χ3v) is 1.22. The zero-order valence-electron chi connectivity index (χ0n) is 6.18. The van der Waals surface area contributed by atoms with Gasteiger partial charge in [-0.15, -0.1) is 0 Å². The molecule has 0 amide bonds. The van der Waals surface area contributed by atoms with Crippen LogP contribution in [0.2, 0.25) is 0 Å². The predicted molar refractivity (Wildman–Crippen MR) is 46.0 cm³/mol. The first-order valence-electron chi connectivity index (χ1n) is 3.43. The lowest BCUT2D eigenvalue weighted by Gasteiger charge is -2.06. The summed E-state index contributed by atoms with van der Waals surface area (Å²) in [7, 11) is 0. The molecule has 0 aromatic carbocycles. The van der Waals surface area contributed by atoms with E-state index in [9.17, 15) is 0 Å². The molecule has 0 aliphatic carbocycles. The van der Waals surface area contributed by atoms with Crippen molar-refractivity contribution in [3.63, 3.8) is 0 Å². The molecule has 0 rings (SSSR count). The molecule has 0 aromatic heterocycles. The minimum absolute atomic E-state index is 0.119. The third kappa shape index (κ3) is 5.78. The molecular weight excluding hydrogens is 148 g/mol. The normalized spacial score (nSPS) is 9.00. The van der Waals surface area contributed by atoms with Gasteiger partial charge in [-0.1, -0.05) is 6.92 Å². The Hall–Kier alpha value is -0.350. The highest BCUT2D eigenvalue weighted by Gasteiger charge is 1.89. The Morgan fingerprint density at radius 3 is 2.50 bits per heavy atom. The molecule has 0 fully saturated rings. The van der Waals surface area contributed by atoms with Crippen LogP contribution in [-0.4, -0.2) is 29.9 Å². The monoisotopic (exact) mass is 162 g/mol. The zero-order valence-corrected chi connectivity index (χ0v) is 7.00. The van der Waals surface area contributed by atoms with Crippen LogP contribution in [0.15, 0.2) is 0 Å². The highest BCUT2D eigenvalue weighted by molar-refractivity contribution is 7.80. The Morgan fingerprint density at radius 2 is 2.00 bits per heavy atom. The van der Waals surface area contributed by atoms with Gasteiger partial charge in [-0.3, -0.25) is 0 Å². The SMILES string of the molecule is CCCNC(=S)NCCO. The van der Waals surface area contributed by atoms with Gasteiger partial charge < -0.3 is 15.7 Å². The van der Waals surface area contributed by atoms with E-state index in [1.807, 2.05) is 0 Å². The highest BCUT2D eigenvalue weighted by atomic mass is 32.1. The van der Waals surface area contributed by atoms with Gasteiger partial charge in [0, 0.05) is 13.1 Å². The van der Waals surface area contributed by atoms with Crippen molar-refractivity contribution >= 4 is 17.3 Å². The van der Waals surface area contributed by atoms with E-state index in [0.717, 1.165) is 13.0 Å². The van der Waals surface area contributed by atoms with E-state index in [1.54, 1.807) is 0 Å². The summed E-state index contributed by atoms with van der Waals surface area (Å²) in [5.41, 5.74) is 0. The maximum Gasteiger partial charge on any atom is 0.166 e. The molecule has 0 bridgehead atoms. The summed E-state index contributed by atoms with van der Waals surface area (Å²) in [6, 6.07) is 0. The van der Waals surface area contributed by atoms with Crippen molar-refractivity contribution in [1.82, 2.24) is 10.6 Å². The molecule has 0 aliphatic rings. The Kier molecular flexibility index (Phi) is 6.53. The van der Waals surface area contributed by atoms with E-state index in [4.69, 9.17) is 17.3 Å². The van der Waals surface area contributed by atoms with Crippen LogP contribution in [0.1, 0.15) is 13.3 Å². The van der Waals surface area contributed by atoms with Crippen LogP contribution in [-0.2, 0) is 0 Å². The van der Waals surface area contributed by atoms with Crippen molar-refractivity contribution in [2.45, 2.75) is 13.3 Å². The van der Waals surface area contributed by atoms with Gasteiger partial charge in [-0.2, -0.15) is 0 Å².